The summed E-state index contributed by atoms with van der Waals surface area (Å²) in [5.74, 6) is 0.0538. The standard InChI is InChI=1S/C21H30FN3O2/c1-15(11-16-5-2-7-18(22)12-16)21(27)25-10-4-6-17(14-25)13-24-20(26)19-8-3-9-23-19/h2,5,7,12,15,17,19,23H,3-4,6,8-11,13-14H2,1H3,(H,24,26). The highest BCUT2D eigenvalue weighted by Crippen LogP contribution is 2.20. The van der Waals surface area contributed by atoms with Crippen LogP contribution in [0.4, 0.5) is 4.39 Å². The number of likely N-dealkylation sites (tertiary alicyclic amines) is 1. The molecular weight excluding hydrogens is 345 g/mol. The summed E-state index contributed by atoms with van der Waals surface area (Å²) in [6, 6.07) is 6.40. The number of amides is 2. The summed E-state index contributed by atoms with van der Waals surface area (Å²) >= 11 is 0. The summed E-state index contributed by atoms with van der Waals surface area (Å²) in [7, 11) is 0. The molecule has 148 valence electrons. The van der Waals surface area contributed by atoms with Crippen LogP contribution in [0.25, 0.3) is 0 Å². The summed E-state index contributed by atoms with van der Waals surface area (Å²) in [4.78, 5) is 26.9. The quantitative estimate of drug-likeness (QED) is 0.801. The molecule has 27 heavy (non-hydrogen) atoms. The van der Waals surface area contributed by atoms with Gasteiger partial charge in [-0.1, -0.05) is 19.1 Å². The van der Waals surface area contributed by atoms with Crippen molar-refractivity contribution in [2.75, 3.05) is 26.2 Å². The molecule has 5 nitrogen and oxygen atoms in total. The third kappa shape index (κ3) is 5.51. The van der Waals surface area contributed by atoms with Gasteiger partial charge in [0.1, 0.15) is 5.82 Å². The Balaban J connectivity index is 1.47. The highest BCUT2D eigenvalue weighted by atomic mass is 19.1. The fourth-order valence-corrected chi connectivity index (χ4v) is 4.12. The van der Waals surface area contributed by atoms with E-state index in [0.29, 0.717) is 25.4 Å². The van der Waals surface area contributed by atoms with Crippen molar-refractivity contribution in [2.45, 2.75) is 45.1 Å². The fourth-order valence-electron chi connectivity index (χ4n) is 4.12. The zero-order valence-corrected chi connectivity index (χ0v) is 16.0. The van der Waals surface area contributed by atoms with Crippen LogP contribution in [0.2, 0.25) is 0 Å². The average Bonchev–Trinajstić information content (AvgIpc) is 3.20. The van der Waals surface area contributed by atoms with E-state index in [1.54, 1.807) is 6.07 Å². The van der Waals surface area contributed by atoms with Crippen LogP contribution in [0, 0.1) is 17.7 Å². The molecule has 2 N–H and O–H groups in total. The predicted octanol–water partition coefficient (Wildman–Crippen LogP) is 2.11. The van der Waals surface area contributed by atoms with E-state index in [2.05, 4.69) is 10.6 Å². The molecule has 3 unspecified atom stereocenters. The van der Waals surface area contributed by atoms with Gasteiger partial charge in [-0.25, -0.2) is 4.39 Å². The molecule has 2 aliphatic rings. The molecule has 2 aliphatic heterocycles. The van der Waals surface area contributed by atoms with Crippen molar-refractivity contribution in [3.8, 4) is 0 Å². The molecule has 2 saturated heterocycles. The lowest BCUT2D eigenvalue weighted by atomic mass is 9.94. The van der Waals surface area contributed by atoms with Gasteiger partial charge >= 0.3 is 0 Å². The van der Waals surface area contributed by atoms with Crippen molar-refractivity contribution in [2.24, 2.45) is 11.8 Å². The summed E-state index contributed by atoms with van der Waals surface area (Å²) < 4.78 is 13.4. The monoisotopic (exact) mass is 375 g/mol. The number of rotatable bonds is 6. The molecule has 1 aromatic rings. The van der Waals surface area contributed by atoms with Crippen molar-refractivity contribution in [1.29, 1.82) is 0 Å². The molecule has 2 amide bonds. The van der Waals surface area contributed by atoms with E-state index < -0.39 is 0 Å². The first-order valence-corrected chi connectivity index (χ1v) is 10.1. The third-order valence-electron chi connectivity index (χ3n) is 5.62. The van der Waals surface area contributed by atoms with Gasteiger partial charge in [-0.05, 0) is 62.3 Å². The van der Waals surface area contributed by atoms with E-state index in [-0.39, 0.29) is 29.6 Å². The maximum atomic E-state index is 13.4. The van der Waals surface area contributed by atoms with Crippen molar-refractivity contribution in [1.82, 2.24) is 15.5 Å². The Morgan fingerprint density at radius 1 is 1.33 bits per heavy atom. The Hall–Kier alpha value is -1.95. The van der Waals surface area contributed by atoms with Crippen molar-refractivity contribution < 1.29 is 14.0 Å². The molecule has 3 rings (SSSR count). The van der Waals surface area contributed by atoms with Crippen LogP contribution in [-0.2, 0) is 16.0 Å². The second-order valence-electron chi connectivity index (χ2n) is 7.92. The van der Waals surface area contributed by atoms with Crippen LogP contribution >= 0.6 is 0 Å². The lowest BCUT2D eigenvalue weighted by molar-refractivity contribution is -0.136. The summed E-state index contributed by atoms with van der Waals surface area (Å²) in [6.45, 7) is 4.89. The molecule has 6 heteroatoms. The molecule has 3 atom stereocenters. The van der Waals surface area contributed by atoms with Gasteiger partial charge in [-0.3, -0.25) is 9.59 Å². The minimum atomic E-state index is -0.266. The Bertz CT molecular complexity index is 661. The predicted molar refractivity (Wildman–Crippen MR) is 103 cm³/mol. The SMILES string of the molecule is CC(Cc1cccc(F)c1)C(=O)N1CCCC(CNC(=O)C2CCCN2)C1. The molecule has 2 fully saturated rings. The number of halogens is 1. The number of nitrogens with zero attached hydrogens (tertiary/aromatic N) is 1. The molecular formula is C21H30FN3O2. The Morgan fingerprint density at radius 3 is 2.93 bits per heavy atom. The highest BCUT2D eigenvalue weighted by molar-refractivity contribution is 5.82. The topological polar surface area (TPSA) is 61.4 Å². The molecule has 0 spiro atoms. The zero-order chi connectivity index (χ0) is 19.2. The first kappa shape index (κ1) is 19.8. The summed E-state index contributed by atoms with van der Waals surface area (Å²) in [6.07, 6.45) is 4.48. The normalized spacial score (nSPS) is 23.9. The van der Waals surface area contributed by atoms with Gasteiger partial charge in [0.05, 0.1) is 6.04 Å². The van der Waals surface area contributed by atoms with Gasteiger partial charge in [0.15, 0.2) is 0 Å². The number of piperidine rings is 1. The van der Waals surface area contributed by atoms with Crippen LogP contribution in [0.5, 0.6) is 0 Å². The number of nitrogens with one attached hydrogen (secondary N) is 2. The van der Waals surface area contributed by atoms with Gasteiger partial charge in [0.2, 0.25) is 11.8 Å². The number of hydrogen-bond donors (Lipinski definition) is 2. The molecule has 0 aliphatic carbocycles. The molecule has 0 aromatic heterocycles. The van der Waals surface area contributed by atoms with Crippen LogP contribution in [0.1, 0.15) is 38.2 Å². The highest BCUT2D eigenvalue weighted by Gasteiger charge is 2.28. The van der Waals surface area contributed by atoms with Crippen molar-refractivity contribution >= 4 is 11.8 Å². The summed E-state index contributed by atoms with van der Waals surface area (Å²) in [5.41, 5.74) is 0.848. The number of carbonyl (C=O) groups is 2. The first-order chi connectivity index (χ1) is 13.0. The molecule has 2 heterocycles. The first-order valence-electron chi connectivity index (χ1n) is 10.1. The largest absolute Gasteiger partial charge is 0.354 e. The van der Waals surface area contributed by atoms with E-state index in [9.17, 15) is 14.0 Å². The summed E-state index contributed by atoms with van der Waals surface area (Å²) in [5, 5.41) is 6.26. The van der Waals surface area contributed by atoms with E-state index in [0.717, 1.165) is 44.3 Å². The maximum absolute atomic E-state index is 13.4. The van der Waals surface area contributed by atoms with Crippen molar-refractivity contribution in [3.05, 3.63) is 35.6 Å². The number of hydrogen-bond acceptors (Lipinski definition) is 3. The lowest BCUT2D eigenvalue weighted by Crippen LogP contribution is -2.47. The minimum Gasteiger partial charge on any atom is -0.354 e. The molecule has 0 saturated carbocycles. The van der Waals surface area contributed by atoms with Crippen LogP contribution in [0.3, 0.4) is 0 Å². The van der Waals surface area contributed by atoms with Gasteiger partial charge < -0.3 is 15.5 Å². The van der Waals surface area contributed by atoms with E-state index in [1.807, 2.05) is 17.9 Å². The van der Waals surface area contributed by atoms with E-state index >= 15 is 0 Å². The molecule has 0 radical (unpaired) electrons. The molecule has 0 bridgehead atoms. The lowest BCUT2D eigenvalue weighted by Gasteiger charge is -2.34. The number of benzene rings is 1. The zero-order valence-electron chi connectivity index (χ0n) is 16.0. The average molecular weight is 375 g/mol. The second kappa shape index (κ2) is 9.31. The van der Waals surface area contributed by atoms with Crippen LogP contribution < -0.4 is 10.6 Å². The van der Waals surface area contributed by atoms with Crippen LogP contribution in [0.15, 0.2) is 24.3 Å². The van der Waals surface area contributed by atoms with E-state index in [1.165, 1.54) is 12.1 Å². The second-order valence-corrected chi connectivity index (χ2v) is 7.92. The Morgan fingerprint density at radius 2 is 2.19 bits per heavy atom. The van der Waals surface area contributed by atoms with Crippen molar-refractivity contribution in [3.63, 3.8) is 0 Å². The minimum absolute atomic E-state index is 0.0578. The molecule has 1 aromatic carbocycles. The maximum Gasteiger partial charge on any atom is 0.237 e. The number of carbonyl (C=O) groups excluding carboxylic acids is 2. The Kier molecular flexibility index (Phi) is 6.83. The third-order valence-corrected chi connectivity index (χ3v) is 5.62. The van der Waals surface area contributed by atoms with E-state index in [4.69, 9.17) is 0 Å². The smallest absolute Gasteiger partial charge is 0.237 e. The van der Waals surface area contributed by atoms with Crippen LogP contribution in [-0.4, -0.2) is 48.9 Å². The van der Waals surface area contributed by atoms with Gasteiger partial charge in [-0.2, -0.15) is 0 Å². The van der Waals surface area contributed by atoms with Gasteiger partial charge in [-0.15, -0.1) is 0 Å². The fraction of sp³-hybridized carbons (Fsp3) is 0.619. The van der Waals surface area contributed by atoms with Gasteiger partial charge in [0.25, 0.3) is 0 Å². The Labute approximate surface area is 160 Å². The van der Waals surface area contributed by atoms with Gasteiger partial charge in [0, 0.05) is 25.6 Å².